The SMILES string of the molecule is O=C(O)c1nocc1-c1ccc(-c2c(C(=O)c3ccccc3)sc3cc(O)ccc23)cc1. The van der Waals surface area contributed by atoms with Gasteiger partial charge in [0.1, 0.15) is 12.0 Å². The molecule has 2 heterocycles. The Kier molecular flexibility index (Phi) is 4.80. The van der Waals surface area contributed by atoms with E-state index in [-0.39, 0.29) is 17.2 Å². The predicted octanol–water partition coefficient (Wildman–Crippen LogP) is 5.86. The maximum atomic E-state index is 13.3. The Labute approximate surface area is 186 Å². The van der Waals surface area contributed by atoms with Crippen LogP contribution in [0.4, 0.5) is 0 Å². The summed E-state index contributed by atoms with van der Waals surface area (Å²) in [4.78, 5) is 25.3. The average molecular weight is 441 g/mol. The number of aromatic nitrogens is 1. The molecule has 0 aliphatic rings. The third-order valence-corrected chi connectivity index (χ3v) is 6.32. The van der Waals surface area contributed by atoms with Gasteiger partial charge in [-0.25, -0.2) is 4.79 Å². The standard InChI is InChI=1S/C25H15NO5S/c27-17-10-11-18-20(12-17)32-24(23(28)16-4-2-1-3-5-16)21(18)15-8-6-14(7-9-15)19-13-31-26-22(19)25(29)30/h1-13,27H,(H,29,30). The highest BCUT2D eigenvalue weighted by Crippen LogP contribution is 2.41. The molecular formula is C25H15NO5S. The van der Waals surface area contributed by atoms with E-state index in [1.54, 1.807) is 42.5 Å². The zero-order valence-corrected chi connectivity index (χ0v) is 17.3. The average Bonchev–Trinajstić information content (AvgIpc) is 3.44. The van der Waals surface area contributed by atoms with Crippen LogP contribution in [-0.2, 0) is 0 Å². The largest absolute Gasteiger partial charge is 0.508 e. The number of carbonyl (C=O) groups is 2. The van der Waals surface area contributed by atoms with Gasteiger partial charge in [-0.3, -0.25) is 4.79 Å². The summed E-state index contributed by atoms with van der Waals surface area (Å²) < 4.78 is 5.64. The lowest BCUT2D eigenvalue weighted by atomic mass is 9.96. The number of fused-ring (bicyclic) bond motifs is 1. The molecule has 0 aliphatic heterocycles. The van der Waals surface area contributed by atoms with E-state index in [1.807, 2.05) is 30.3 Å². The van der Waals surface area contributed by atoms with Crippen molar-refractivity contribution in [1.29, 1.82) is 0 Å². The van der Waals surface area contributed by atoms with E-state index >= 15 is 0 Å². The van der Waals surface area contributed by atoms with Crippen LogP contribution >= 0.6 is 11.3 Å². The molecule has 5 aromatic rings. The molecule has 3 aromatic carbocycles. The molecule has 0 amide bonds. The van der Waals surface area contributed by atoms with Gasteiger partial charge < -0.3 is 14.7 Å². The van der Waals surface area contributed by atoms with E-state index in [2.05, 4.69) is 5.16 Å². The van der Waals surface area contributed by atoms with Crippen molar-refractivity contribution < 1.29 is 24.3 Å². The first-order valence-corrected chi connectivity index (χ1v) is 10.5. The first kappa shape index (κ1) is 19.7. The molecule has 0 aliphatic carbocycles. The summed E-state index contributed by atoms with van der Waals surface area (Å²) in [5, 5.41) is 23.6. The van der Waals surface area contributed by atoms with Gasteiger partial charge in [0.2, 0.25) is 5.78 Å². The van der Waals surface area contributed by atoms with Crippen molar-refractivity contribution in [1.82, 2.24) is 5.16 Å². The van der Waals surface area contributed by atoms with Crippen LogP contribution < -0.4 is 0 Å². The molecule has 2 N–H and O–H groups in total. The lowest BCUT2D eigenvalue weighted by Gasteiger charge is -2.07. The maximum Gasteiger partial charge on any atom is 0.358 e. The molecule has 32 heavy (non-hydrogen) atoms. The van der Waals surface area contributed by atoms with Gasteiger partial charge in [0.15, 0.2) is 5.69 Å². The lowest BCUT2D eigenvalue weighted by Crippen LogP contribution is -2.00. The highest BCUT2D eigenvalue weighted by Gasteiger charge is 2.22. The molecular weight excluding hydrogens is 426 g/mol. The minimum Gasteiger partial charge on any atom is -0.508 e. The summed E-state index contributed by atoms with van der Waals surface area (Å²) in [7, 11) is 0. The lowest BCUT2D eigenvalue weighted by molar-refractivity contribution is 0.0686. The van der Waals surface area contributed by atoms with E-state index in [0.717, 1.165) is 21.2 Å². The fraction of sp³-hybridized carbons (Fsp3) is 0. The van der Waals surface area contributed by atoms with Crippen LogP contribution in [0, 0.1) is 0 Å². The number of ketones is 1. The van der Waals surface area contributed by atoms with Gasteiger partial charge in [-0.15, -0.1) is 11.3 Å². The van der Waals surface area contributed by atoms with Crippen LogP contribution in [0.15, 0.2) is 83.6 Å². The van der Waals surface area contributed by atoms with Crippen molar-refractivity contribution in [2.24, 2.45) is 0 Å². The Balaban J connectivity index is 1.65. The molecule has 0 spiro atoms. The molecule has 156 valence electrons. The zero-order chi connectivity index (χ0) is 22.2. The highest BCUT2D eigenvalue weighted by atomic mass is 32.1. The summed E-state index contributed by atoms with van der Waals surface area (Å²) in [5.41, 5.74) is 3.02. The van der Waals surface area contributed by atoms with Crippen molar-refractivity contribution in [2.75, 3.05) is 0 Å². The van der Waals surface area contributed by atoms with Crippen molar-refractivity contribution in [2.45, 2.75) is 0 Å². The second kappa shape index (κ2) is 7.79. The van der Waals surface area contributed by atoms with Gasteiger partial charge in [0, 0.05) is 21.2 Å². The first-order valence-electron chi connectivity index (χ1n) is 9.66. The number of aromatic hydroxyl groups is 1. The molecule has 0 atom stereocenters. The highest BCUT2D eigenvalue weighted by molar-refractivity contribution is 7.21. The molecule has 2 aromatic heterocycles. The number of nitrogens with zero attached hydrogens (tertiary/aromatic N) is 1. The molecule has 0 fully saturated rings. The van der Waals surface area contributed by atoms with Gasteiger partial charge in [-0.1, -0.05) is 59.8 Å². The van der Waals surface area contributed by atoms with Crippen LogP contribution in [0.25, 0.3) is 32.3 Å². The smallest absolute Gasteiger partial charge is 0.358 e. The van der Waals surface area contributed by atoms with E-state index < -0.39 is 5.97 Å². The van der Waals surface area contributed by atoms with Gasteiger partial charge in [0.05, 0.1) is 10.4 Å². The van der Waals surface area contributed by atoms with Gasteiger partial charge in [-0.2, -0.15) is 0 Å². The summed E-state index contributed by atoms with van der Waals surface area (Å²) in [6, 6.07) is 21.3. The summed E-state index contributed by atoms with van der Waals surface area (Å²) in [6.07, 6.45) is 1.30. The number of carbonyl (C=O) groups excluding carboxylic acids is 1. The Morgan fingerprint density at radius 2 is 1.62 bits per heavy atom. The second-order valence-electron chi connectivity index (χ2n) is 7.14. The summed E-state index contributed by atoms with van der Waals surface area (Å²) >= 11 is 1.33. The number of thiophene rings is 1. The number of hydrogen-bond acceptors (Lipinski definition) is 6. The van der Waals surface area contributed by atoms with Gasteiger partial charge in [0.25, 0.3) is 0 Å². The molecule has 6 nitrogen and oxygen atoms in total. The fourth-order valence-corrected chi connectivity index (χ4v) is 4.88. The van der Waals surface area contributed by atoms with Crippen LogP contribution in [-0.4, -0.2) is 27.1 Å². The molecule has 0 unspecified atom stereocenters. The Morgan fingerprint density at radius 1 is 0.906 bits per heavy atom. The van der Waals surface area contributed by atoms with Gasteiger partial charge in [-0.05, 0) is 29.3 Å². The molecule has 7 heteroatoms. The molecule has 0 saturated heterocycles. The predicted molar refractivity (Wildman–Crippen MR) is 121 cm³/mol. The Morgan fingerprint density at radius 3 is 2.34 bits per heavy atom. The number of hydrogen-bond donors (Lipinski definition) is 2. The number of phenolic OH excluding ortho intramolecular Hbond substituents is 1. The Bertz CT molecular complexity index is 1470. The van der Waals surface area contributed by atoms with E-state index in [4.69, 9.17) is 4.52 Å². The second-order valence-corrected chi connectivity index (χ2v) is 8.19. The number of carboxylic acids is 1. The molecule has 5 rings (SSSR count). The van der Waals surface area contributed by atoms with Crippen LogP contribution in [0.2, 0.25) is 0 Å². The van der Waals surface area contributed by atoms with Crippen LogP contribution in [0.1, 0.15) is 25.7 Å². The monoisotopic (exact) mass is 441 g/mol. The Hall–Kier alpha value is -4.23. The topological polar surface area (TPSA) is 101 Å². The minimum atomic E-state index is -1.17. The third-order valence-electron chi connectivity index (χ3n) is 5.17. The minimum absolute atomic E-state index is 0.0995. The molecule has 0 saturated carbocycles. The van der Waals surface area contributed by atoms with Crippen molar-refractivity contribution in [3.05, 3.63) is 95.2 Å². The zero-order valence-electron chi connectivity index (χ0n) is 16.5. The van der Waals surface area contributed by atoms with Crippen molar-refractivity contribution in [3.8, 4) is 28.0 Å². The van der Waals surface area contributed by atoms with Crippen LogP contribution in [0.3, 0.4) is 0 Å². The van der Waals surface area contributed by atoms with E-state index in [1.165, 1.54) is 17.6 Å². The fourth-order valence-electron chi connectivity index (χ4n) is 3.66. The van der Waals surface area contributed by atoms with Crippen molar-refractivity contribution >= 4 is 33.2 Å². The van der Waals surface area contributed by atoms with E-state index in [9.17, 15) is 19.8 Å². The normalized spacial score (nSPS) is 11.0. The third kappa shape index (κ3) is 3.34. The van der Waals surface area contributed by atoms with Gasteiger partial charge >= 0.3 is 5.97 Å². The number of rotatable bonds is 5. The quantitative estimate of drug-likeness (QED) is 0.331. The van der Waals surface area contributed by atoms with E-state index in [0.29, 0.717) is 21.6 Å². The molecule has 0 bridgehead atoms. The maximum absolute atomic E-state index is 13.3. The van der Waals surface area contributed by atoms with Crippen molar-refractivity contribution in [3.63, 3.8) is 0 Å². The first-order chi connectivity index (χ1) is 15.5. The summed E-state index contributed by atoms with van der Waals surface area (Å²) in [6.45, 7) is 0. The van der Waals surface area contributed by atoms with Crippen LogP contribution in [0.5, 0.6) is 5.75 Å². The molecule has 0 radical (unpaired) electrons. The number of phenols is 1. The number of aromatic carboxylic acids is 1. The number of benzene rings is 3. The summed E-state index contributed by atoms with van der Waals surface area (Å²) in [5.74, 6) is -1.14. The number of carboxylic acid groups (broad SMARTS) is 1.